The molecule has 1 aliphatic rings. The van der Waals surface area contributed by atoms with E-state index in [2.05, 4.69) is 37.2 Å². The van der Waals surface area contributed by atoms with Crippen molar-refractivity contribution >= 4 is 0 Å². The van der Waals surface area contributed by atoms with Crippen LogP contribution >= 0.6 is 0 Å². The number of rotatable bonds is 5. The summed E-state index contributed by atoms with van der Waals surface area (Å²) in [4.78, 5) is 4.30. The highest BCUT2D eigenvalue weighted by atomic mass is 15.2. The van der Waals surface area contributed by atoms with Gasteiger partial charge in [0.25, 0.3) is 0 Å². The lowest BCUT2D eigenvalue weighted by molar-refractivity contribution is 0.155. The first kappa shape index (κ1) is 14.5. The van der Waals surface area contributed by atoms with Gasteiger partial charge in [-0.15, -0.1) is 0 Å². The normalized spacial score (nSPS) is 19.8. The molecule has 0 bridgehead atoms. The molecule has 0 radical (unpaired) electrons. The van der Waals surface area contributed by atoms with Crippen molar-refractivity contribution in [3.8, 4) is 0 Å². The van der Waals surface area contributed by atoms with Crippen molar-refractivity contribution in [3.05, 3.63) is 29.6 Å². The molecule has 106 valence electrons. The van der Waals surface area contributed by atoms with Gasteiger partial charge in [0, 0.05) is 12.4 Å². The van der Waals surface area contributed by atoms with Crippen molar-refractivity contribution in [2.75, 3.05) is 0 Å². The third-order valence-electron chi connectivity index (χ3n) is 4.58. The molecule has 0 aliphatic heterocycles. The molecule has 1 unspecified atom stereocenters. The fourth-order valence-electron chi connectivity index (χ4n) is 3.88. The number of hydrogen-bond acceptors (Lipinski definition) is 3. The predicted molar refractivity (Wildman–Crippen MR) is 79.4 cm³/mol. The number of hydrazine groups is 1. The van der Waals surface area contributed by atoms with Crippen LogP contribution in [0.4, 0.5) is 0 Å². The molecule has 1 heterocycles. The molecule has 3 heteroatoms. The molecular weight excluding hydrogens is 234 g/mol. The standard InChI is InChI=1S/C16H27N3/c1-12(2)10-16(7-4-5-8-16)15(19-17)14-11-18-9-6-13(14)3/h6,9,11-12,15,19H,4-5,7-8,10,17H2,1-3H3. The first-order valence-electron chi connectivity index (χ1n) is 7.46. The Bertz CT molecular complexity index is 408. The Balaban J connectivity index is 2.35. The molecule has 0 amide bonds. The number of hydrogen-bond donors (Lipinski definition) is 2. The van der Waals surface area contributed by atoms with Crippen LogP contribution in [0.5, 0.6) is 0 Å². The number of nitrogens with two attached hydrogens (primary N) is 1. The van der Waals surface area contributed by atoms with E-state index in [1.807, 2.05) is 12.4 Å². The smallest absolute Gasteiger partial charge is 0.0534 e. The van der Waals surface area contributed by atoms with Gasteiger partial charge in [0.05, 0.1) is 6.04 Å². The molecule has 1 aliphatic carbocycles. The monoisotopic (exact) mass is 261 g/mol. The molecule has 0 saturated heterocycles. The summed E-state index contributed by atoms with van der Waals surface area (Å²) < 4.78 is 0. The minimum absolute atomic E-state index is 0.228. The summed E-state index contributed by atoms with van der Waals surface area (Å²) in [5.74, 6) is 6.64. The highest BCUT2D eigenvalue weighted by Gasteiger charge is 2.42. The summed E-state index contributed by atoms with van der Waals surface area (Å²) in [7, 11) is 0. The maximum absolute atomic E-state index is 5.94. The topological polar surface area (TPSA) is 50.9 Å². The van der Waals surface area contributed by atoms with E-state index in [0.717, 1.165) is 0 Å². The molecule has 3 nitrogen and oxygen atoms in total. The number of nitrogens with one attached hydrogen (secondary N) is 1. The zero-order valence-electron chi connectivity index (χ0n) is 12.4. The van der Waals surface area contributed by atoms with E-state index in [4.69, 9.17) is 5.84 Å². The van der Waals surface area contributed by atoms with Crippen LogP contribution in [0, 0.1) is 18.3 Å². The third kappa shape index (κ3) is 2.98. The molecule has 1 saturated carbocycles. The second-order valence-electron chi connectivity index (χ2n) is 6.50. The van der Waals surface area contributed by atoms with Crippen LogP contribution in [-0.4, -0.2) is 4.98 Å². The summed E-state index contributed by atoms with van der Waals surface area (Å²) in [5, 5.41) is 0. The Morgan fingerprint density at radius 2 is 2.05 bits per heavy atom. The van der Waals surface area contributed by atoms with Crippen molar-refractivity contribution in [2.24, 2.45) is 17.2 Å². The molecular formula is C16H27N3. The van der Waals surface area contributed by atoms with Gasteiger partial charge in [0.2, 0.25) is 0 Å². The van der Waals surface area contributed by atoms with Gasteiger partial charge < -0.3 is 0 Å². The first-order valence-corrected chi connectivity index (χ1v) is 7.46. The number of aromatic nitrogens is 1. The zero-order valence-corrected chi connectivity index (χ0v) is 12.4. The summed E-state index contributed by atoms with van der Waals surface area (Å²) in [6.45, 7) is 6.77. The van der Waals surface area contributed by atoms with E-state index in [1.165, 1.54) is 43.2 Å². The highest BCUT2D eigenvalue weighted by Crippen LogP contribution is 2.51. The molecule has 0 spiro atoms. The average molecular weight is 261 g/mol. The van der Waals surface area contributed by atoms with Gasteiger partial charge in [-0.25, -0.2) is 0 Å². The number of nitrogens with zero attached hydrogens (tertiary/aromatic N) is 1. The van der Waals surface area contributed by atoms with E-state index < -0.39 is 0 Å². The third-order valence-corrected chi connectivity index (χ3v) is 4.58. The van der Waals surface area contributed by atoms with Gasteiger partial charge in [-0.05, 0) is 54.7 Å². The maximum atomic E-state index is 5.94. The lowest BCUT2D eigenvalue weighted by Crippen LogP contribution is -2.41. The first-order chi connectivity index (χ1) is 9.09. The Labute approximate surface area is 117 Å². The van der Waals surface area contributed by atoms with E-state index in [1.54, 1.807) is 0 Å². The van der Waals surface area contributed by atoms with Crippen molar-refractivity contribution in [3.63, 3.8) is 0 Å². The zero-order chi connectivity index (χ0) is 13.9. The Morgan fingerprint density at radius 3 is 2.58 bits per heavy atom. The summed E-state index contributed by atoms with van der Waals surface area (Å²) in [5.41, 5.74) is 5.97. The van der Waals surface area contributed by atoms with Crippen molar-refractivity contribution < 1.29 is 0 Å². The maximum Gasteiger partial charge on any atom is 0.0534 e. The molecule has 1 atom stereocenters. The van der Waals surface area contributed by atoms with Crippen LogP contribution in [-0.2, 0) is 0 Å². The van der Waals surface area contributed by atoms with Gasteiger partial charge in [-0.2, -0.15) is 0 Å². The van der Waals surface area contributed by atoms with E-state index in [-0.39, 0.29) is 6.04 Å². The summed E-state index contributed by atoms with van der Waals surface area (Å²) >= 11 is 0. The summed E-state index contributed by atoms with van der Waals surface area (Å²) in [6, 6.07) is 2.31. The van der Waals surface area contributed by atoms with Gasteiger partial charge in [-0.1, -0.05) is 26.7 Å². The van der Waals surface area contributed by atoms with Crippen LogP contribution in [0.1, 0.15) is 63.1 Å². The van der Waals surface area contributed by atoms with Crippen LogP contribution in [0.3, 0.4) is 0 Å². The second-order valence-corrected chi connectivity index (χ2v) is 6.50. The molecule has 2 rings (SSSR count). The summed E-state index contributed by atoms with van der Waals surface area (Å²) in [6.07, 6.45) is 10.3. The van der Waals surface area contributed by atoms with Gasteiger partial charge in [0.1, 0.15) is 0 Å². The van der Waals surface area contributed by atoms with Crippen LogP contribution < -0.4 is 11.3 Å². The van der Waals surface area contributed by atoms with Crippen LogP contribution in [0.15, 0.2) is 18.5 Å². The minimum atomic E-state index is 0.228. The molecule has 19 heavy (non-hydrogen) atoms. The lowest BCUT2D eigenvalue weighted by atomic mass is 9.70. The molecule has 1 aromatic rings. The quantitative estimate of drug-likeness (QED) is 0.630. The van der Waals surface area contributed by atoms with Gasteiger partial charge in [-0.3, -0.25) is 16.3 Å². The number of aryl methyl sites for hydroxylation is 1. The molecule has 1 fully saturated rings. The van der Waals surface area contributed by atoms with Crippen LogP contribution in [0.2, 0.25) is 0 Å². The van der Waals surface area contributed by atoms with E-state index in [9.17, 15) is 0 Å². The van der Waals surface area contributed by atoms with Crippen molar-refractivity contribution in [1.82, 2.24) is 10.4 Å². The van der Waals surface area contributed by atoms with Gasteiger partial charge in [0.15, 0.2) is 0 Å². The van der Waals surface area contributed by atoms with Gasteiger partial charge >= 0.3 is 0 Å². The predicted octanol–water partition coefficient (Wildman–Crippen LogP) is 3.50. The average Bonchev–Trinajstić information content (AvgIpc) is 2.81. The second kappa shape index (κ2) is 6.02. The molecule has 3 N–H and O–H groups in total. The van der Waals surface area contributed by atoms with E-state index >= 15 is 0 Å². The SMILES string of the molecule is Cc1ccncc1C(NN)C1(CC(C)C)CCCC1. The fraction of sp³-hybridized carbons (Fsp3) is 0.688. The van der Waals surface area contributed by atoms with Crippen molar-refractivity contribution in [2.45, 2.75) is 58.9 Å². The van der Waals surface area contributed by atoms with Crippen molar-refractivity contribution in [1.29, 1.82) is 0 Å². The van der Waals surface area contributed by atoms with Crippen LogP contribution in [0.25, 0.3) is 0 Å². The largest absolute Gasteiger partial charge is 0.271 e. The highest BCUT2D eigenvalue weighted by molar-refractivity contribution is 5.27. The molecule has 0 aromatic carbocycles. The van der Waals surface area contributed by atoms with E-state index in [0.29, 0.717) is 11.3 Å². The minimum Gasteiger partial charge on any atom is -0.271 e. The Morgan fingerprint density at radius 1 is 1.37 bits per heavy atom. The molecule has 1 aromatic heterocycles. The Kier molecular flexibility index (Phi) is 4.58. The fourth-order valence-corrected chi connectivity index (χ4v) is 3.88. The Hall–Kier alpha value is -0.930. The number of pyridine rings is 1. The lowest BCUT2D eigenvalue weighted by Gasteiger charge is -2.39.